The molecule has 0 heterocycles. The zero-order chi connectivity index (χ0) is 15.6. The fourth-order valence-corrected chi connectivity index (χ4v) is 4.28. The van der Waals surface area contributed by atoms with Crippen molar-refractivity contribution in [2.75, 3.05) is 38.0 Å². The molecule has 0 aromatic heterocycles. The molecule has 0 spiro atoms. The molecule has 21 heavy (non-hydrogen) atoms. The molecule has 2 N–H and O–H groups in total. The topological polar surface area (TPSA) is 61.8 Å². The molecule has 0 aliphatic carbocycles. The lowest BCUT2D eigenvalue weighted by atomic mass is 10.3. The molecule has 0 saturated heterocycles. The predicted octanol–water partition coefficient (Wildman–Crippen LogP) is 2.93. The largest absolute Gasteiger partial charge is 0.422 e. The van der Waals surface area contributed by atoms with Gasteiger partial charge in [0.25, 0.3) is 0 Å². The molecule has 0 fully saturated rings. The molecule has 1 rings (SSSR count). The molecule has 0 saturated carbocycles. The Hall–Kier alpha value is -0.290. The highest BCUT2D eigenvalue weighted by Gasteiger charge is 2.32. The van der Waals surface area contributed by atoms with Gasteiger partial charge in [-0.25, -0.2) is 14.3 Å². The molecule has 0 aliphatic heterocycles. The summed E-state index contributed by atoms with van der Waals surface area (Å²) in [4.78, 5) is 0. The van der Waals surface area contributed by atoms with Gasteiger partial charge in [0.2, 0.25) is 0 Å². The summed E-state index contributed by atoms with van der Waals surface area (Å²) in [7, 11) is -3.31. The van der Waals surface area contributed by atoms with Crippen molar-refractivity contribution in [1.29, 1.82) is 0 Å². The van der Waals surface area contributed by atoms with Gasteiger partial charge in [0.1, 0.15) is 5.75 Å². The number of alkyl halides is 2. The van der Waals surface area contributed by atoms with E-state index < -0.39 is 7.67 Å². The number of nitrogens with one attached hydrogen (secondary N) is 1. The van der Waals surface area contributed by atoms with E-state index in [0.29, 0.717) is 43.6 Å². The van der Waals surface area contributed by atoms with E-state index in [1.54, 1.807) is 28.9 Å². The maximum Gasteiger partial charge on any atom is 0.393 e. The van der Waals surface area contributed by atoms with Crippen molar-refractivity contribution >= 4 is 30.9 Å². The fraction of sp³-hybridized carbons (Fsp3) is 0.538. The number of benzene rings is 1. The van der Waals surface area contributed by atoms with Crippen LogP contribution in [0.25, 0.3) is 0 Å². The summed E-state index contributed by atoms with van der Waals surface area (Å²) in [6.07, 6.45) is 0.484. The van der Waals surface area contributed by atoms with Crippen LogP contribution >= 0.6 is 30.9 Å². The summed E-state index contributed by atoms with van der Waals surface area (Å²) >= 11 is 11.5. The monoisotopic (exact) mass is 354 g/mol. The summed E-state index contributed by atoms with van der Waals surface area (Å²) in [5.74, 6) is 1.15. The fourth-order valence-electron chi connectivity index (χ4n) is 1.68. The van der Waals surface area contributed by atoms with Gasteiger partial charge in [-0.15, -0.1) is 23.2 Å². The molecule has 5 nitrogen and oxygen atoms in total. The van der Waals surface area contributed by atoms with Gasteiger partial charge in [-0.05, 0) is 18.6 Å². The highest BCUT2D eigenvalue weighted by molar-refractivity contribution is 7.54. The molecular weight excluding hydrogens is 334 g/mol. The number of halogens is 2. The van der Waals surface area contributed by atoms with Gasteiger partial charge in [0, 0.05) is 38.0 Å². The minimum atomic E-state index is -3.31. The van der Waals surface area contributed by atoms with Gasteiger partial charge < -0.3 is 9.63 Å². The molecule has 1 aromatic rings. The number of aliphatic hydroxyl groups is 1. The second kappa shape index (κ2) is 10.4. The third-order valence-corrected chi connectivity index (χ3v) is 5.24. The van der Waals surface area contributed by atoms with Crippen LogP contribution in [0.2, 0.25) is 0 Å². The van der Waals surface area contributed by atoms with Crippen molar-refractivity contribution in [3.8, 4) is 5.75 Å². The van der Waals surface area contributed by atoms with E-state index in [0.717, 1.165) is 0 Å². The van der Waals surface area contributed by atoms with E-state index in [1.165, 1.54) is 0 Å². The van der Waals surface area contributed by atoms with E-state index in [4.69, 9.17) is 32.8 Å². The average molecular weight is 355 g/mol. The van der Waals surface area contributed by atoms with Crippen molar-refractivity contribution in [1.82, 2.24) is 9.76 Å². The molecule has 0 aliphatic rings. The Balaban J connectivity index is 2.88. The van der Waals surface area contributed by atoms with Crippen LogP contribution in [0.1, 0.15) is 6.42 Å². The van der Waals surface area contributed by atoms with E-state index in [1.807, 2.05) is 6.07 Å². The van der Waals surface area contributed by atoms with Crippen LogP contribution in [-0.4, -0.2) is 47.8 Å². The molecule has 0 radical (unpaired) electrons. The smallest absolute Gasteiger partial charge is 0.393 e. The summed E-state index contributed by atoms with van der Waals surface area (Å²) in [6, 6.07) is 8.94. The highest BCUT2D eigenvalue weighted by atomic mass is 35.5. The molecule has 120 valence electrons. The third-order valence-electron chi connectivity index (χ3n) is 2.68. The minimum absolute atomic E-state index is 0.0172. The lowest BCUT2D eigenvalue weighted by molar-refractivity contribution is 0.286. The zero-order valence-electron chi connectivity index (χ0n) is 11.8. The number of hydrogen-bond acceptors (Lipinski definition) is 3. The first-order valence-electron chi connectivity index (χ1n) is 6.74. The van der Waals surface area contributed by atoms with Crippen LogP contribution in [0, 0.1) is 0 Å². The molecule has 1 unspecified atom stereocenters. The quantitative estimate of drug-likeness (QED) is 0.363. The first kappa shape index (κ1) is 18.8. The lowest BCUT2D eigenvalue weighted by Crippen LogP contribution is -2.34. The van der Waals surface area contributed by atoms with Crippen LogP contribution in [-0.2, 0) is 4.57 Å². The Morgan fingerprint density at radius 1 is 1.19 bits per heavy atom. The molecule has 1 atom stereocenters. The van der Waals surface area contributed by atoms with Crippen molar-refractivity contribution in [3.05, 3.63) is 30.3 Å². The second-order valence-electron chi connectivity index (χ2n) is 4.24. The van der Waals surface area contributed by atoms with Gasteiger partial charge >= 0.3 is 7.67 Å². The molecular formula is C13H21Cl2N2O3P. The summed E-state index contributed by atoms with van der Waals surface area (Å²) in [5.41, 5.74) is 0. The lowest BCUT2D eigenvalue weighted by Gasteiger charge is -2.30. The van der Waals surface area contributed by atoms with Crippen LogP contribution < -0.4 is 9.61 Å². The van der Waals surface area contributed by atoms with Crippen molar-refractivity contribution in [2.45, 2.75) is 6.42 Å². The summed E-state index contributed by atoms with van der Waals surface area (Å²) in [6.45, 7) is 1.18. The highest BCUT2D eigenvalue weighted by Crippen LogP contribution is 2.46. The summed E-state index contributed by atoms with van der Waals surface area (Å²) < 4.78 is 20.4. The zero-order valence-corrected chi connectivity index (χ0v) is 14.2. The van der Waals surface area contributed by atoms with E-state index in [9.17, 15) is 4.57 Å². The van der Waals surface area contributed by atoms with Gasteiger partial charge in [-0.3, -0.25) is 0 Å². The Kier molecular flexibility index (Phi) is 9.32. The molecule has 0 amide bonds. The van der Waals surface area contributed by atoms with Gasteiger partial charge in [0.05, 0.1) is 0 Å². The van der Waals surface area contributed by atoms with Crippen molar-refractivity contribution in [3.63, 3.8) is 0 Å². The Bertz CT molecular complexity index is 431. The van der Waals surface area contributed by atoms with Gasteiger partial charge in [-0.2, -0.15) is 0 Å². The van der Waals surface area contributed by atoms with Gasteiger partial charge in [0.15, 0.2) is 0 Å². The second-order valence-corrected chi connectivity index (χ2v) is 7.10. The Morgan fingerprint density at radius 2 is 1.81 bits per heavy atom. The Labute approximate surface area is 135 Å². The van der Waals surface area contributed by atoms with E-state index in [-0.39, 0.29) is 6.61 Å². The normalized spacial score (nSPS) is 14.1. The number of rotatable bonds is 11. The maximum atomic E-state index is 13.1. The molecule has 1 aromatic carbocycles. The first-order valence-corrected chi connectivity index (χ1v) is 9.39. The molecule has 8 heteroatoms. The Morgan fingerprint density at radius 3 is 2.33 bits per heavy atom. The third kappa shape index (κ3) is 6.55. The van der Waals surface area contributed by atoms with Crippen LogP contribution in [0.3, 0.4) is 0 Å². The standard InChI is InChI=1S/C13H21Cl2N2O3P/c14-7-10-17(11-8-15)21(19,16-9-4-12-18)20-13-5-2-1-3-6-13/h1-3,5-6,18H,4,7-12H2,(H,16,19). The first-order chi connectivity index (χ1) is 10.2. The average Bonchev–Trinajstić information content (AvgIpc) is 2.48. The predicted molar refractivity (Wildman–Crippen MR) is 87.4 cm³/mol. The van der Waals surface area contributed by atoms with Gasteiger partial charge in [-0.1, -0.05) is 18.2 Å². The van der Waals surface area contributed by atoms with E-state index in [2.05, 4.69) is 5.09 Å². The molecule has 0 bridgehead atoms. The number of nitrogens with zero attached hydrogens (tertiary/aromatic N) is 1. The maximum absolute atomic E-state index is 13.1. The summed E-state index contributed by atoms with van der Waals surface area (Å²) in [5, 5.41) is 11.8. The number of aliphatic hydroxyl groups excluding tert-OH is 1. The van der Waals surface area contributed by atoms with Crippen LogP contribution in [0.4, 0.5) is 0 Å². The van der Waals surface area contributed by atoms with Crippen molar-refractivity contribution in [2.24, 2.45) is 0 Å². The number of para-hydroxylation sites is 1. The van der Waals surface area contributed by atoms with E-state index >= 15 is 0 Å². The SMILES string of the molecule is O=P(NCCCO)(Oc1ccccc1)N(CCCl)CCCl. The van der Waals surface area contributed by atoms with Crippen molar-refractivity contribution < 1.29 is 14.2 Å². The van der Waals surface area contributed by atoms with Crippen LogP contribution in [0.15, 0.2) is 30.3 Å². The minimum Gasteiger partial charge on any atom is -0.422 e. The number of hydrogen-bond donors (Lipinski definition) is 2. The van der Waals surface area contributed by atoms with Crippen LogP contribution in [0.5, 0.6) is 5.75 Å².